The Morgan fingerprint density at radius 2 is 1.10 bits per heavy atom. The fraction of sp³-hybridized carbons (Fsp3) is 0.889. The third-order valence-electron chi connectivity index (χ3n) is 4.45. The van der Waals surface area contributed by atoms with Crippen molar-refractivity contribution >= 4 is 18.0 Å². The summed E-state index contributed by atoms with van der Waals surface area (Å²) in [6.07, 6.45) is 2.20. The van der Waals surface area contributed by atoms with Gasteiger partial charge in [0.25, 0.3) is 0 Å². The molecular weight excluding hydrogens is 297 g/mol. The van der Waals surface area contributed by atoms with Gasteiger partial charge in [-0.2, -0.15) is 4.67 Å². The third-order valence-corrected chi connectivity index (χ3v) is 9.04. The molecule has 1 aliphatic heterocycles. The normalized spacial score (nSPS) is 20.3. The molecule has 0 radical (unpaired) electrons. The molecule has 0 saturated heterocycles. The van der Waals surface area contributed by atoms with Gasteiger partial charge < -0.3 is 0 Å². The maximum absolute atomic E-state index is 7.32. The summed E-state index contributed by atoms with van der Waals surface area (Å²) in [6.45, 7) is 21.6. The van der Waals surface area contributed by atoms with Crippen LogP contribution in [0.5, 0.6) is 0 Å². The molecule has 0 spiro atoms. The Morgan fingerprint density at radius 1 is 0.810 bits per heavy atom. The molecule has 0 saturated carbocycles. The van der Waals surface area contributed by atoms with Gasteiger partial charge in [0.2, 0.25) is 0 Å². The largest absolute Gasteiger partial charge is 0.191 e. The average molecular weight is 333 g/mol. The molecule has 0 N–H and O–H groups in total. The highest BCUT2D eigenvalue weighted by Gasteiger charge is 2.55. The van der Waals surface area contributed by atoms with Crippen molar-refractivity contribution in [2.75, 3.05) is 12.3 Å². The Balaban J connectivity index is 3.27. The molecule has 0 bridgehead atoms. The van der Waals surface area contributed by atoms with E-state index in [4.69, 9.17) is 11.2 Å². The van der Waals surface area contributed by atoms with E-state index in [1.165, 1.54) is 0 Å². The molecule has 0 fully saturated rings. The van der Waals surface area contributed by atoms with Gasteiger partial charge in [-0.15, -0.1) is 0 Å². The van der Waals surface area contributed by atoms with Gasteiger partial charge in [-0.25, -0.2) is 0 Å². The van der Waals surface area contributed by atoms with Gasteiger partial charge in [0.1, 0.15) is 23.6 Å². The van der Waals surface area contributed by atoms with Crippen LogP contribution in [-0.2, 0) is 0 Å². The number of allylic oxidation sites excluding steroid dienone is 2. The van der Waals surface area contributed by atoms with Crippen molar-refractivity contribution in [3.05, 3.63) is 11.1 Å². The lowest BCUT2D eigenvalue weighted by atomic mass is 9.76. The summed E-state index contributed by atoms with van der Waals surface area (Å²) in [5.74, 6) is 0. The van der Waals surface area contributed by atoms with E-state index in [1.54, 1.807) is 11.1 Å². The van der Waals surface area contributed by atoms with Gasteiger partial charge in [-0.05, 0) is 49.7 Å². The Bertz CT molecular complexity index is 376. The van der Waals surface area contributed by atoms with Gasteiger partial charge in [0, 0.05) is 12.1 Å². The number of hydrogen-bond donors (Lipinski definition) is 0. The van der Waals surface area contributed by atoms with Crippen LogP contribution in [0.25, 0.3) is 0 Å². The summed E-state index contributed by atoms with van der Waals surface area (Å²) in [5, 5.41) is 0. The summed E-state index contributed by atoms with van der Waals surface area (Å²) in [6, 6.07) is 1.02. The predicted octanol–water partition coefficient (Wildman–Crippen LogP) is 6.59. The van der Waals surface area contributed by atoms with Gasteiger partial charge in [-0.3, -0.25) is 0 Å². The van der Waals surface area contributed by atoms with Crippen molar-refractivity contribution in [2.45, 2.75) is 81.3 Å². The molecule has 0 atom stereocenters. The molecule has 0 amide bonds. The fourth-order valence-corrected chi connectivity index (χ4v) is 9.86. The number of rotatable bonds is 3. The van der Waals surface area contributed by atoms with Gasteiger partial charge in [0.15, 0.2) is 6.77 Å². The number of hydrogen-bond acceptors (Lipinski definition) is 1. The number of halogens is 1. The van der Waals surface area contributed by atoms with Crippen LogP contribution in [0.4, 0.5) is 0 Å². The molecule has 124 valence electrons. The van der Waals surface area contributed by atoms with Crippen LogP contribution in [-0.4, -0.2) is 29.1 Å². The van der Waals surface area contributed by atoms with E-state index in [1.807, 2.05) is 0 Å². The van der Waals surface area contributed by atoms with E-state index in [0.29, 0.717) is 12.1 Å². The lowest BCUT2D eigenvalue weighted by Crippen LogP contribution is -2.36. The Kier molecular flexibility index (Phi) is 5.69. The maximum Gasteiger partial charge on any atom is 0.191 e. The zero-order chi connectivity index (χ0) is 16.8. The Morgan fingerprint density at radius 3 is 1.29 bits per heavy atom. The lowest BCUT2D eigenvalue weighted by Gasteiger charge is -2.35. The summed E-state index contributed by atoms with van der Waals surface area (Å²) in [4.78, 5) is 0. The predicted molar refractivity (Wildman–Crippen MR) is 101 cm³/mol. The van der Waals surface area contributed by atoms with Crippen molar-refractivity contribution in [3.63, 3.8) is 0 Å². The fourth-order valence-electron chi connectivity index (χ4n) is 3.70. The minimum atomic E-state index is -1.62. The molecule has 1 heterocycles. The van der Waals surface area contributed by atoms with Gasteiger partial charge in [-0.1, -0.05) is 41.5 Å². The van der Waals surface area contributed by atoms with Crippen molar-refractivity contribution in [2.24, 2.45) is 10.8 Å². The summed E-state index contributed by atoms with van der Waals surface area (Å²) >= 11 is 7.32. The second kappa shape index (κ2) is 6.14. The van der Waals surface area contributed by atoms with Crippen molar-refractivity contribution < 1.29 is 0 Å². The first-order valence-electron chi connectivity index (χ1n) is 8.28. The maximum atomic E-state index is 7.32. The molecule has 1 rings (SSSR count). The van der Waals surface area contributed by atoms with Crippen molar-refractivity contribution in [1.82, 2.24) is 4.67 Å². The highest BCUT2D eigenvalue weighted by atomic mass is 35.7. The van der Waals surface area contributed by atoms with Gasteiger partial charge in [0.05, 0.1) is 0 Å². The first kappa shape index (κ1) is 19.5. The molecule has 21 heavy (non-hydrogen) atoms. The monoisotopic (exact) mass is 332 g/mol. The molecule has 3 heteroatoms. The topological polar surface area (TPSA) is 3.24 Å². The van der Waals surface area contributed by atoms with Crippen LogP contribution >= 0.6 is 18.0 Å². The minimum absolute atomic E-state index is 0.221. The van der Waals surface area contributed by atoms with E-state index < -0.39 is 6.77 Å². The smallest absolute Gasteiger partial charge is 0.159 e. The first-order chi connectivity index (χ1) is 9.20. The van der Waals surface area contributed by atoms with Crippen LogP contribution in [0, 0.1) is 10.8 Å². The number of nitrogens with zero attached hydrogens (tertiary/aromatic N) is 1. The van der Waals surface area contributed by atoms with Crippen LogP contribution in [0.2, 0.25) is 0 Å². The average Bonchev–Trinajstić information content (AvgIpc) is 2.54. The zero-order valence-electron chi connectivity index (χ0n) is 15.8. The van der Waals surface area contributed by atoms with E-state index in [2.05, 4.69) is 73.9 Å². The summed E-state index contributed by atoms with van der Waals surface area (Å²) < 4.78 is 2.61. The molecule has 1 aliphatic rings. The van der Waals surface area contributed by atoms with Gasteiger partial charge >= 0.3 is 0 Å². The third kappa shape index (κ3) is 4.24. The Hall–Kier alpha value is 0.420. The lowest BCUT2D eigenvalue weighted by molar-refractivity contribution is 0.320. The van der Waals surface area contributed by atoms with Crippen LogP contribution < -0.4 is 0 Å². The zero-order valence-corrected chi connectivity index (χ0v) is 17.5. The summed E-state index contributed by atoms with van der Waals surface area (Å²) in [7, 11) is 0. The standard InChI is InChI=1S/C18H36ClNP/c1-13(2)20(14(3)4)21(19)11-15(17(5,6)7)16(12-21)18(8,9)10/h13-14H,11-12H2,1-10H3/q+1. The summed E-state index contributed by atoms with van der Waals surface area (Å²) in [5.41, 5.74) is 3.67. The molecule has 1 nitrogen and oxygen atoms in total. The second-order valence-electron chi connectivity index (χ2n) is 9.16. The molecule has 0 aromatic heterocycles. The molecule has 0 unspecified atom stereocenters. The highest BCUT2D eigenvalue weighted by Crippen LogP contribution is 2.75. The van der Waals surface area contributed by atoms with Crippen molar-refractivity contribution in [1.29, 1.82) is 0 Å². The van der Waals surface area contributed by atoms with Crippen LogP contribution in [0.15, 0.2) is 11.1 Å². The van der Waals surface area contributed by atoms with E-state index in [0.717, 1.165) is 12.3 Å². The van der Waals surface area contributed by atoms with E-state index >= 15 is 0 Å². The van der Waals surface area contributed by atoms with E-state index in [9.17, 15) is 0 Å². The molecule has 0 aromatic carbocycles. The quantitative estimate of drug-likeness (QED) is 0.416. The van der Waals surface area contributed by atoms with Crippen LogP contribution in [0.1, 0.15) is 69.2 Å². The highest BCUT2D eigenvalue weighted by molar-refractivity contribution is 7.97. The first-order valence-corrected chi connectivity index (χ1v) is 11.3. The molecular formula is C18H36ClNP+. The second-order valence-corrected chi connectivity index (χ2v) is 13.8. The van der Waals surface area contributed by atoms with E-state index in [-0.39, 0.29) is 10.8 Å². The Labute approximate surface area is 138 Å². The van der Waals surface area contributed by atoms with Crippen molar-refractivity contribution in [3.8, 4) is 0 Å². The molecule has 0 aromatic rings. The minimum Gasteiger partial charge on any atom is -0.159 e. The molecule has 0 aliphatic carbocycles. The SMILES string of the molecule is CC(C)N(C(C)C)[P+]1(Cl)CC(C(C)(C)C)=C(C(C)(C)C)C1. The van der Waals surface area contributed by atoms with Crippen LogP contribution in [0.3, 0.4) is 0 Å².